The van der Waals surface area contributed by atoms with Gasteiger partial charge < -0.3 is 14.6 Å². The predicted octanol–water partition coefficient (Wildman–Crippen LogP) is 3.92. The van der Waals surface area contributed by atoms with Crippen LogP contribution < -0.4 is 4.74 Å². The Morgan fingerprint density at radius 2 is 1.52 bits per heavy atom. The molecule has 0 bridgehead atoms. The normalized spacial score (nSPS) is 11.0. The lowest BCUT2D eigenvalue weighted by molar-refractivity contribution is 0.0442. The van der Waals surface area contributed by atoms with Gasteiger partial charge in [0.25, 0.3) is 0 Å². The Balaban J connectivity index is 1.85. The number of benzene rings is 2. The Hall–Kier alpha value is -2.82. The second kappa shape index (κ2) is 7.83. The van der Waals surface area contributed by atoms with E-state index in [1.807, 2.05) is 24.3 Å². The molecule has 0 aliphatic rings. The van der Waals surface area contributed by atoms with Gasteiger partial charge in [0, 0.05) is 0 Å². The molecular formula is C20H22O5. The molecule has 0 heterocycles. The van der Waals surface area contributed by atoms with Crippen LogP contribution in [0.5, 0.6) is 5.75 Å². The largest absolute Gasteiger partial charge is 0.490 e. The van der Waals surface area contributed by atoms with E-state index in [2.05, 4.69) is 20.8 Å². The lowest BCUT2D eigenvalue weighted by Crippen LogP contribution is -2.15. The maximum atomic E-state index is 12.0. The third kappa shape index (κ3) is 5.08. The number of carbonyl (C=O) groups excluding carboxylic acids is 1. The number of hydrogen-bond donors (Lipinski definition) is 1. The molecule has 0 fully saturated rings. The molecule has 2 aromatic carbocycles. The monoisotopic (exact) mass is 342 g/mol. The highest BCUT2D eigenvalue weighted by atomic mass is 16.6. The summed E-state index contributed by atoms with van der Waals surface area (Å²) in [4.78, 5) is 23.1. The van der Waals surface area contributed by atoms with E-state index >= 15 is 0 Å². The summed E-state index contributed by atoms with van der Waals surface area (Å²) < 4.78 is 10.6. The molecule has 5 nitrogen and oxygen atoms in total. The van der Waals surface area contributed by atoms with Crippen LogP contribution in [0.15, 0.2) is 48.5 Å². The molecule has 0 atom stereocenters. The molecule has 5 heteroatoms. The van der Waals surface area contributed by atoms with Crippen molar-refractivity contribution in [2.24, 2.45) is 0 Å². The molecule has 0 amide bonds. The molecular weight excluding hydrogens is 320 g/mol. The fourth-order valence-corrected chi connectivity index (χ4v) is 2.27. The molecule has 1 N–H and O–H groups in total. The minimum atomic E-state index is -1.16. The van der Waals surface area contributed by atoms with Crippen molar-refractivity contribution in [1.29, 1.82) is 0 Å². The first-order chi connectivity index (χ1) is 11.8. The molecule has 0 saturated carbocycles. The standard InChI is InChI=1S/C20H22O5/c1-20(2,3)14-8-10-15(11-9-14)24-12-13-25-19(23)17-7-5-4-6-16(17)18(21)22/h4-11H,12-13H2,1-3H3,(H,21,22). The average Bonchev–Trinajstić information content (AvgIpc) is 2.58. The number of carboxylic acids is 1. The minimum absolute atomic E-state index is 0.0320. The van der Waals surface area contributed by atoms with E-state index < -0.39 is 11.9 Å². The van der Waals surface area contributed by atoms with Crippen molar-refractivity contribution in [3.8, 4) is 5.75 Å². The summed E-state index contributed by atoms with van der Waals surface area (Å²) in [5.74, 6) is -1.15. The SMILES string of the molecule is CC(C)(C)c1ccc(OCCOC(=O)c2ccccc2C(=O)O)cc1. The molecule has 0 radical (unpaired) electrons. The number of carbonyl (C=O) groups is 2. The second-order valence-corrected chi connectivity index (χ2v) is 6.61. The molecule has 0 saturated heterocycles. The van der Waals surface area contributed by atoms with Gasteiger partial charge in [-0.25, -0.2) is 9.59 Å². The number of rotatable bonds is 6. The molecule has 2 rings (SSSR count). The quantitative estimate of drug-likeness (QED) is 0.636. The van der Waals surface area contributed by atoms with Crippen molar-refractivity contribution in [3.05, 3.63) is 65.2 Å². The Bertz CT molecular complexity index is 741. The van der Waals surface area contributed by atoms with Gasteiger partial charge >= 0.3 is 11.9 Å². The van der Waals surface area contributed by atoms with Crippen LogP contribution in [-0.2, 0) is 10.2 Å². The van der Waals surface area contributed by atoms with E-state index in [-0.39, 0.29) is 29.8 Å². The van der Waals surface area contributed by atoms with Gasteiger partial charge in [-0.05, 0) is 35.2 Å². The van der Waals surface area contributed by atoms with Crippen molar-refractivity contribution >= 4 is 11.9 Å². The highest BCUT2D eigenvalue weighted by Crippen LogP contribution is 2.24. The van der Waals surface area contributed by atoms with Crippen molar-refractivity contribution < 1.29 is 24.2 Å². The highest BCUT2D eigenvalue weighted by Gasteiger charge is 2.17. The Morgan fingerprint density at radius 1 is 0.920 bits per heavy atom. The van der Waals surface area contributed by atoms with Gasteiger partial charge in [0.05, 0.1) is 11.1 Å². The third-order valence-corrected chi connectivity index (χ3v) is 3.68. The Morgan fingerprint density at radius 3 is 2.08 bits per heavy atom. The fourth-order valence-electron chi connectivity index (χ4n) is 2.27. The van der Waals surface area contributed by atoms with Crippen molar-refractivity contribution in [1.82, 2.24) is 0 Å². The number of ether oxygens (including phenoxy) is 2. The smallest absolute Gasteiger partial charge is 0.339 e. The van der Waals surface area contributed by atoms with Crippen LogP contribution >= 0.6 is 0 Å². The first kappa shape index (κ1) is 18.5. The molecule has 0 aliphatic heterocycles. The molecule has 25 heavy (non-hydrogen) atoms. The number of carboxylic acid groups (broad SMARTS) is 1. The van der Waals surface area contributed by atoms with E-state index in [1.165, 1.54) is 17.7 Å². The minimum Gasteiger partial charge on any atom is -0.490 e. The molecule has 0 aliphatic carbocycles. The zero-order chi connectivity index (χ0) is 18.4. The number of aromatic carboxylic acids is 1. The summed E-state index contributed by atoms with van der Waals surface area (Å²) in [5.41, 5.74) is 1.23. The zero-order valence-electron chi connectivity index (χ0n) is 14.6. The summed E-state index contributed by atoms with van der Waals surface area (Å²) >= 11 is 0. The number of hydrogen-bond acceptors (Lipinski definition) is 4. The van der Waals surface area contributed by atoms with Gasteiger partial charge in [-0.3, -0.25) is 0 Å². The lowest BCUT2D eigenvalue weighted by Gasteiger charge is -2.19. The average molecular weight is 342 g/mol. The third-order valence-electron chi connectivity index (χ3n) is 3.68. The van der Waals surface area contributed by atoms with E-state index in [1.54, 1.807) is 12.1 Å². The van der Waals surface area contributed by atoms with Gasteiger partial charge in [0.1, 0.15) is 19.0 Å². The lowest BCUT2D eigenvalue weighted by atomic mass is 9.87. The van der Waals surface area contributed by atoms with Crippen LogP contribution in [0.2, 0.25) is 0 Å². The van der Waals surface area contributed by atoms with E-state index in [9.17, 15) is 9.59 Å². The Kier molecular flexibility index (Phi) is 5.80. The number of esters is 1. The molecule has 132 valence electrons. The van der Waals surface area contributed by atoms with Gasteiger partial charge in [-0.1, -0.05) is 45.0 Å². The van der Waals surface area contributed by atoms with Crippen LogP contribution in [0.4, 0.5) is 0 Å². The van der Waals surface area contributed by atoms with Crippen LogP contribution in [0, 0.1) is 0 Å². The van der Waals surface area contributed by atoms with Crippen LogP contribution in [0.3, 0.4) is 0 Å². The van der Waals surface area contributed by atoms with Crippen molar-refractivity contribution in [2.75, 3.05) is 13.2 Å². The van der Waals surface area contributed by atoms with E-state index in [4.69, 9.17) is 14.6 Å². The second-order valence-electron chi connectivity index (χ2n) is 6.61. The molecule has 0 spiro atoms. The van der Waals surface area contributed by atoms with Crippen molar-refractivity contribution in [3.63, 3.8) is 0 Å². The van der Waals surface area contributed by atoms with Gasteiger partial charge in [0.2, 0.25) is 0 Å². The zero-order valence-corrected chi connectivity index (χ0v) is 14.6. The summed E-state index contributed by atoms with van der Waals surface area (Å²) in [6.45, 7) is 6.63. The maximum absolute atomic E-state index is 12.0. The first-order valence-corrected chi connectivity index (χ1v) is 8.02. The molecule has 2 aromatic rings. The summed E-state index contributed by atoms with van der Waals surface area (Å²) in [6, 6.07) is 13.7. The Labute approximate surface area is 147 Å². The topological polar surface area (TPSA) is 72.8 Å². The summed E-state index contributed by atoms with van der Waals surface area (Å²) in [5, 5.41) is 9.08. The first-order valence-electron chi connectivity index (χ1n) is 8.02. The highest BCUT2D eigenvalue weighted by molar-refractivity contribution is 6.02. The van der Waals surface area contributed by atoms with Gasteiger partial charge in [-0.2, -0.15) is 0 Å². The van der Waals surface area contributed by atoms with Gasteiger partial charge in [-0.15, -0.1) is 0 Å². The summed E-state index contributed by atoms with van der Waals surface area (Å²) in [7, 11) is 0. The maximum Gasteiger partial charge on any atom is 0.339 e. The van der Waals surface area contributed by atoms with Crippen LogP contribution in [-0.4, -0.2) is 30.3 Å². The molecule has 0 aromatic heterocycles. The molecule has 0 unspecified atom stereocenters. The van der Waals surface area contributed by atoms with Crippen LogP contribution in [0.25, 0.3) is 0 Å². The predicted molar refractivity (Wildman–Crippen MR) is 94.3 cm³/mol. The van der Waals surface area contributed by atoms with E-state index in [0.717, 1.165) is 0 Å². The van der Waals surface area contributed by atoms with E-state index in [0.29, 0.717) is 5.75 Å². The van der Waals surface area contributed by atoms with Crippen molar-refractivity contribution in [2.45, 2.75) is 26.2 Å². The summed E-state index contributed by atoms with van der Waals surface area (Å²) in [6.07, 6.45) is 0. The van der Waals surface area contributed by atoms with Crippen LogP contribution in [0.1, 0.15) is 47.1 Å². The van der Waals surface area contributed by atoms with Gasteiger partial charge in [0.15, 0.2) is 0 Å². The fraction of sp³-hybridized carbons (Fsp3) is 0.300.